The van der Waals surface area contributed by atoms with Gasteiger partial charge >= 0.3 is 5.97 Å². The maximum Gasteiger partial charge on any atom is 0.352 e. The summed E-state index contributed by atoms with van der Waals surface area (Å²) in [5.41, 5.74) is 0.830. The lowest BCUT2D eigenvalue weighted by atomic mass is 9.82. The van der Waals surface area contributed by atoms with E-state index in [-0.39, 0.29) is 23.6 Å². The molecule has 0 aromatic carbocycles. The third kappa shape index (κ3) is 3.23. The number of amidine groups is 1. The van der Waals surface area contributed by atoms with Crippen molar-refractivity contribution in [3.63, 3.8) is 0 Å². The smallest absolute Gasteiger partial charge is 0.352 e. The Labute approximate surface area is 163 Å². The Morgan fingerprint density at radius 1 is 1.56 bits per heavy atom. The monoisotopic (exact) mass is 409 g/mol. The Kier molecular flexibility index (Phi) is 4.91. The van der Waals surface area contributed by atoms with Crippen LogP contribution in [-0.2, 0) is 9.59 Å². The van der Waals surface area contributed by atoms with E-state index in [1.165, 1.54) is 16.4 Å². The predicted molar refractivity (Wildman–Crippen MR) is 99.5 cm³/mol. The molecule has 0 saturated carbocycles. The van der Waals surface area contributed by atoms with Gasteiger partial charge in [0.05, 0.1) is 30.0 Å². The van der Waals surface area contributed by atoms with Crippen LogP contribution >= 0.6 is 23.3 Å². The van der Waals surface area contributed by atoms with Gasteiger partial charge < -0.3 is 20.4 Å². The number of aliphatic hydroxyl groups is 1. The highest BCUT2D eigenvalue weighted by Crippen LogP contribution is 2.45. The number of rotatable bonds is 6. The number of aliphatic hydroxyl groups excluding tert-OH is 1. The zero-order valence-electron chi connectivity index (χ0n) is 14.5. The van der Waals surface area contributed by atoms with E-state index in [2.05, 4.69) is 19.9 Å². The number of β-lactam (4-membered cyclic amide) rings is 1. The number of carboxylic acids is 1. The molecular weight excluding hydrogens is 390 g/mol. The van der Waals surface area contributed by atoms with Crippen molar-refractivity contribution >= 4 is 41.0 Å². The van der Waals surface area contributed by atoms with Gasteiger partial charge in [0.15, 0.2) is 0 Å². The molecule has 1 aromatic rings. The molecule has 4 heterocycles. The predicted octanol–water partition coefficient (Wildman–Crippen LogP) is 0.198. The molecule has 9 nitrogen and oxygen atoms in total. The van der Waals surface area contributed by atoms with E-state index in [4.69, 9.17) is 0 Å². The minimum absolute atomic E-state index is 0.0667. The first-order chi connectivity index (χ1) is 13.0. The van der Waals surface area contributed by atoms with Crippen LogP contribution < -0.4 is 5.32 Å². The van der Waals surface area contributed by atoms with Crippen LogP contribution in [0.25, 0.3) is 0 Å². The van der Waals surface area contributed by atoms with Crippen LogP contribution in [0.5, 0.6) is 0 Å². The maximum absolute atomic E-state index is 12.3. The van der Waals surface area contributed by atoms with E-state index >= 15 is 0 Å². The van der Waals surface area contributed by atoms with E-state index < -0.39 is 18.0 Å². The second-order valence-corrected chi connectivity index (χ2v) is 8.88. The van der Waals surface area contributed by atoms with Crippen LogP contribution in [0, 0.1) is 11.8 Å². The van der Waals surface area contributed by atoms with Gasteiger partial charge in [0, 0.05) is 19.0 Å². The highest BCUT2D eigenvalue weighted by molar-refractivity contribution is 8.01. The van der Waals surface area contributed by atoms with Gasteiger partial charge in [-0.3, -0.25) is 9.79 Å². The zero-order chi connectivity index (χ0) is 19.1. The molecule has 144 valence electrons. The van der Waals surface area contributed by atoms with Crippen LogP contribution in [0.4, 0.5) is 0 Å². The molecule has 4 atom stereocenters. The molecule has 0 bridgehead atoms. The van der Waals surface area contributed by atoms with Crippen molar-refractivity contribution in [2.75, 3.05) is 18.8 Å². The maximum atomic E-state index is 12.3. The molecule has 3 N–H and O–H groups in total. The van der Waals surface area contributed by atoms with Gasteiger partial charge in [0.25, 0.3) is 0 Å². The Morgan fingerprint density at radius 2 is 2.37 bits per heavy atom. The lowest BCUT2D eigenvalue weighted by molar-refractivity contribution is -0.161. The van der Waals surface area contributed by atoms with Crippen molar-refractivity contribution in [2.24, 2.45) is 16.8 Å². The minimum atomic E-state index is -1.09. The fraction of sp³-hybridized carbons (Fsp3) is 0.562. The highest BCUT2D eigenvalue weighted by Gasteiger charge is 2.57. The molecule has 0 radical (unpaired) electrons. The second-order valence-electron chi connectivity index (χ2n) is 6.82. The molecule has 3 aliphatic rings. The van der Waals surface area contributed by atoms with Crippen molar-refractivity contribution in [1.29, 1.82) is 0 Å². The zero-order valence-corrected chi connectivity index (χ0v) is 16.2. The van der Waals surface area contributed by atoms with Gasteiger partial charge in [-0.25, -0.2) is 4.79 Å². The molecule has 1 saturated heterocycles. The largest absolute Gasteiger partial charge is 0.477 e. The first kappa shape index (κ1) is 18.4. The number of carboxylic acid groups (broad SMARTS) is 1. The first-order valence-electron chi connectivity index (χ1n) is 8.62. The molecule has 1 unspecified atom stereocenters. The summed E-state index contributed by atoms with van der Waals surface area (Å²) in [5.74, 6) is -0.433. The van der Waals surface area contributed by atoms with E-state index in [0.717, 1.165) is 15.6 Å². The van der Waals surface area contributed by atoms with Gasteiger partial charge in [0.2, 0.25) is 5.91 Å². The molecule has 0 aliphatic carbocycles. The van der Waals surface area contributed by atoms with E-state index in [9.17, 15) is 19.8 Å². The van der Waals surface area contributed by atoms with E-state index in [1.54, 1.807) is 24.9 Å². The Bertz CT molecular complexity index is 823. The van der Waals surface area contributed by atoms with Crippen molar-refractivity contribution in [3.05, 3.63) is 17.5 Å². The van der Waals surface area contributed by atoms with Crippen molar-refractivity contribution in [3.8, 4) is 0 Å². The molecular formula is C16H19N5O4S2. The summed E-state index contributed by atoms with van der Waals surface area (Å²) in [6.07, 6.45) is 1.42. The molecule has 3 aliphatic heterocycles. The fourth-order valence-electron chi connectivity index (χ4n) is 3.94. The van der Waals surface area contributed by atoms with Gasteiger partial charge in [-0.05, 0) is 30.5 Å². The van der Waals surface area contributed by atoms with E-state index in [0.29, 0.717) is 25.3 Å². The number of carbonyl (C=O) groups is 2. The fourth-order valence-corrected chi connectivity index (χ4v) is 5.29. The Morgan fingerprint density at radius 3 is 2.96 bits per heavy atom. The lowest BCUT2D eigenvalue weighted by Gasteiger charge is -2.44. The van der Waals surface area contributed by atoms with Crippen LogP contribution in [0.2, 0.25) is 0 Å². The van der Waals surface area contributed by atoms with Gasteiger partial charge in [-0.1, -0.05) is 4.49 Å². The minimum Gasteiger partial charge on any atom is -0.477 e. The molecule has 1 amide bonds. The number of fused-ring (bicyclic) bond motifs is 1. The van der Waals surface area contributed by atoms with Crippen LogP contribution in [0.3, 0.4) is 0 Å². The molecule has 1 aromatic heterocycles. The summed E-state index contributed by atoms with van der Waals surface area (Å²) in [6, 6.07) is -0.252. The summed E-state index contributed by atoms with van der Waals surface area (Å²) in [4.78, 5) is 30.0. The SMILES string of the molecule is C[C@@H](O)[C@H]1C(=O)N2C(C(=O)O)=C(C3CN=C(CSc4cnns4)NC3)C[C@H]12. The Hall–Kier alpha value is -1.98. The van der Waals surface area contributed by atoms with Crippen molar-refractivity contribution < 1.29 is 19.8 Å². The van der Waals surface area contributed by atoms with Crippen molar-refractivity contribution in [2.45, 2.75) is 29.7 Å². The molecule has 0 spiro atoms. The summed E-state index contributed by atoms with van der Waals surface area (Å²) >= 11 is 2.93. The summed E-state index contributed by atoms with van der Waals surface area (Å²) in [7, 11) is 0. The second kappa shape index (κ2) is 7.21. The third-order valence-corrected chi connectivity index (χ3v) is 7.05. The molecule has 11 heteroatoms. The first-order valence-corrected chi connectivity index (χ1v) is 10.4. The molecule has 27 heavy (non-hydrogen) atoms. The molecule has 4 rings (SSSR count). The van der Waals surface area contributed by atoms with Gasteiger partial charge in [-0.2, -0.15) is 0 Å². The lowest BCUT2D eigenvalue weighted by Crippen LogP contribution is -2.61. The van der Waals surface area contributed by atoms with E-state index in [1.807, 2.05) is 0 Å². The average Bonchev–Trinajstić information content (AvgIpc) is 3.26. The van der Waals surface area contributed by atoms with Crippen molar-refractivity contribution in [1.82, 2.24) is 19.8 Å². The number of carbonyl (C=O) groups excluding carboxylic acids is 1. The average molecular weight is 409 g/mol. The summed E-state index contributed by atoms with van der Waals surface area (Å²) in [6.45, 7) is 2.65. The van der Waals surface area contributed by atoms with Gasteiger partial charge in [0.1, 0.15) is 15.7 Å². The highest BCUT2D eigenvalue weighted by atomic mass is 32.2. The number of hydrogen-bond acceptors (Lipinski definition) is 9. The van der Waals surface area contributed by atoms with Crippen LogP contribution in [-0.4, -0.2) is 73.4 Å². The normalized spacial score (nSPS) is 28.4. The number of nitrogens with zero attached hydrogens (tertiary/aromatic N) is 4. The van der Waals surface area contributed by atoms with Crippen LogP contribution in [0.15, 0.2) is 26.7 Å². The number of aliphatic imine (C=N–C) groups is 1. The number of amides is 1. The molecule has 1 fully saturated rings. The number of hydrogen-bond donors (Lipinski definition) is 3. The topological polar surface area (TPSA) is 128 Å². The number of aromatic nitrogens is 2. The number of nitrogens with one attached hydrogen (secondary N) is 1. The number of thioether (sulfide) groups is 1. The Balaban J connectivity index is 1.45. The quantitative estimate of drug-likeness (QED) is 0.449. The van der Waals surface area contributed by atoms with Crippen LogP contribution in [0.1, 0.15) is 13.3 Å². The van der Waals surface area contributed by atoms with Gasteiger partial charge in [-0.15, -0.1) is 16.9 Å². The third-order valence-electron chi connectivity index (χ3n) is 5.21. The summed E-state index contributed by atoms with van der Waals surface area (Å²) < 4.78 is 4.83. The number of aliphatic carboxylic acids is 1. The summed E-state index contributed by atoms with van der Waals surface area (Å²) in [5, 5.41) is 26.5. The standard InChI is InChI=1S/C16H19N5O4S2/c1-7(22)13-10-2-9(14(16(24)25)21(10)15(13)23)8-3-17-11(18-4-8)6-26-12-5-19-20-27-12/h5,7-8,10,13,22H,2-4,6H2,1H3,(H,17,18)(H,24,25)/t7-,10-,13-/m1/s1.